The maximum Gasteiger partial charge on any atom is 0.343 e. The lowest BCUT2D eigenvalue weighted by atomic mass is 10.1. The molecule has 0 saturated heterocycles. The molecule has 0 aromatic rings. The van der Waals surface area contributed by atoms with Crippen LogP contribution in [-0.4, -0.2) is 17.4 Å². The van der Waals surface area contributed by atoms with Crippen LogP contribution in [0.5, 0.6) is 0 Å². The van der Waals surface area contributed by atoms with Crippen molar-refractivity contribution in [3.05, 3.63) is 20.7 Å². The third-order valence-corrected chi connectivity index (χ3v) is 3.47. The molecule has 0 aromatic carbocycles. The van der Waals surface area contributed by atoms with E-state index in [-0.39, 0.29) is 33.5 Å². The van der Waals surface area contributed by atoms with Crippen LogP contribution in [0.15, 0.2) is 20.7 Å². The molecule has 0 N–H and O–H groups in total. The molecule has 0 aliphatic heterocycles. The molecular formula is C12H13Cl3O3. The zero-order valence-corrected chi connectivity index (χ0v) is 12.5. The van der Waals surface area contributed by atoms with Gasteiger partial charge in [0.05, 0.1) is 10.1 Å². The van der Waals surface area contributed by atoms with Gasteiger partial charge in [-0.3, -0.25) is 4.79 Å². The van der Waals surface area contributed by atoms with E-state index in [1.54, 1.807) is 20.8 Å². The van der Waals surface area contributed by atoms with Gasteiger partial charge in [-0.15, -0.1) is 0 Å². The Hall–Kier alpha value is -0.510. The lowest BCUT2D eigenvalue weighted by Gasteiger charge is -2.20. The number of hydrogen-bond acceptors (Lipinski definition) is 3. The second kappa shape index (κ2) is 5.64. The van der Waals surface area contributed by atoms with Crippen LogP contribution >= 0.6 is 34.8 Å². The Balaban J connectivity index is 3.18. The number of esters is 1. The van der Waals surface area contributed by atoms with Crippen molar-refractivity contribution in [2.45, 2.75) is 39.2 Å². The van der Waals surface area contributed by atoms with Crippen molar-refractivity contribution in [3.63, 3.8) is 0 Å². The Kier molecular flexibility index (Phi) is 4.87. The van der Waals surface area contributed by atoms with E-state index in [0.29, 0.717) is 0 Å². The molecule has 0 bridgehead atoms. The van der Waals surface area contributed by atoms with Crippen molar-refractivity contribution in [3.8, 4) is 0 Å². The number of ketones is 1. The van der Waals surface area contributed by atoms with Crippen LogP contribution in [0.1, 0.15) is 33.6 Å². The summed E-state index contributed by atoms with van der Waals surface area (Å²) < 4.78 is 5.13. The zero-order chi connectivity index (χ0) is 14.1. The Labute approximate surface area is 121 Å². The number of rotatable bonds is 1. The van der Waals surface area contributed by atoms with Crippen LogP contribution in [0.3, 0.4) is 0 Å². The predicted octanol–water partition coefficient (Wildman–Crippen LogP) is 3.87. The second-order valence-electron chi connectivity index (χ2n) is 4.83. The highest BCUT2D eigenvalue weighted by molar-refractivity contribution is 6.50. The molecule has 1 rings (SSSR count). The minimum Gasteiger partial charge on any atom is -0.456 e. The molecule has 0 heterocycles. The van der Waals surface area contributed by atoms with Crippen molar-refractivity contribution in [2.75, 3.05) is 0 Å². The van der Waals surface area contributed by atoms with Crippen LogP contribution in [0, 0.1) is 0 Å². The molecule has 6 heteroatoms. The minimum absolute atomic E-state index is 0.0324. The fourth-order valence-electron chi connectivity index (χ4n) is 1.34. The summed E-state index contributed by atoms with van der Waals surface area (Å²) in [5.41, 5.74) is -0.944. The average molecular weight is 312 g/mol. The van der Waals surface area contributed by atoms with Crippen LogP contribution in [0.2, 0.25) is 0 Å². The molecule has 18 heavy (non-hydrogen) atoms. The van der Waals surface area contributed by atoms with E-state index in [4.69, 9.17) is 39.5 Å². The lowest BCUT2D eigenvalue weighted by Crippen LogP contribution is -2.27. The molecule has 0 aromatic heterocycles. The molecule has 0 spiro atoms. The average Bonchev–Trinajstić information content (AvgIpc) is 2.29. The first-order valence-electron chi connectivity index (χ1n) is 5.34. The Morgan fingerprint density at radius 1 is 1.11 bits per heavy atom. The quantitative estimate of drug-likeness (QED) is 0.545. The van der Waals surface area contributed by atoms with Gasteiger partial charge in [0, 0.05) is 11.5 Å². The number of carbonyl (C=O) groups excluding carboxylic acids is 2. The Bertz CT molecular complexity index is 456. The first kappa shape index (κ1) is 15.5. The SMILES string of the molecule is CC(C)(C)OC(=O)C1=C(Cl)C(Cl)=C(Cl)CCC1=O. The fourth-order valence-corrected chi connectivity index (χ4v) is 2.06. The third-order valence-electron chi connectivity index (χ3n) is 2.10. The van der Waals surface area contributed by atoms with Gasteiger partial charge in [0.15, 0.2) is 5.78 Å². The van der Waals surface area contributed by atoms with E-state index in [1.165, 1.54) is 0 Å². The van der Waals surface area contributed by atoms with Gasteiger partial charge in [-0.2, -0.15) is 0 Å². The normalized spacial score (nSPS) is 18.0. The second-order valence-corrected chi connectivity index (χ2v) is 6.05. The molecule has 0 fully saturated rings. The monoisotopic (exact) mass is 310 g/mol. The number of hydrogen-bond donors (Lipinski definition) is 0. The molecule has 0 atom stereocenters. The van der Waals surface area contributed by atoms with Gasteiger partial charge in [-0.25, -0.2) is 4.79 Å². The number of allylic oxidation sites excluding steroid dienone is 3. The van der Waals surface area contributed by atoms with Crippen molar-refractivity contribution in [1.82, 2.24) is 0 Å². The number of ether oxygens (including phenoxy) is 1. The summed E-state index contributed by atoms with van der Waals surface area (Å²) in [7, 11) is 0. The molecular weight excluding hydrogens is 298 g/mol. The van der Waals surface area contributed by atoms with E-state index in [9.17, 15) is 9.59 Å². The van der Waals surface area contributed by atoms with Crippen LogP contribution in [0.4, 0.5) is 0 Å². The van der Waals surface area contributed by atoms with Gasteiger partial charge in [0.2, 0.25) is 0 Å². The van der Waals surface area contributed by atoms with E-state index < -0.39 is 17.4 Å². The van der Waals surface area contributed by atoms with Crippen LogP contribution in [0.25, 0.3) is 0 Å². The highest BCUT2D eigenvalue weighted by Crippen LogP contribution is 2.35. The molecule has 0 amide bonds. The molecule has 100 valence electrons. The minimum atomic E-state index is -0.776. The molecule has 1 aliphatic carbocycles. The molecule has 0 unspecified atom stereocenters. The molecule has 1 aliphatic rings. The Morgan fingerprint density at radius 3 is 2.17 bits per heavy atom. The van der Waals surface area contributed by atoms with Crippen LogP contribution < -0.4 is 0 Å². The summed E-state index contributed by atoms with van der Waals surface area (Å²) in [4.78, 5) is 23.8. The van der Waals surface area contributed by atoms with Crippen molar-refractivity contribution < 1.29 is 14.3 Å². The van der Waals surface area contributed by atoms with E-state index >= 15 is 0 Å². The highest BCUT2D eigenvalue weighted by atomic mass is 35.5. The number of carbonyl (C=O) groups is 2. The van der Waals surface area contributed by atoms with E-state index in [0.717, 1.165) is 0 Å². The number of halogens is 3. The molecule has 0 saturated carbocycles. The van der Waals surface area contributed by atoms with Crippen molar-refractivity contribution in [1.29, 1.82) is 0 Å². The summed E-state index contributed by atoms with van der Waals surface area (Å²) in [6, 6.07) is 0. The lowest BCUT2D eigenvalue weighted by molar-refractivity contribution is -0.150. The molecule has 3 nitrogen and oxygen atoms in total. The topological polar surface area (TPSA) is 43.4 Å². The maximum atomic E-state index is 11.9. The number of Topliss-reactive ketones (excluding diaryl/α,β-unsaturated/α-hetero) is 1. The maximum absolute atomic E-state index is 11.9. The van der Waals surface area contributed by atoms with Crippen LogP contribution in [-0.2, 0) is 14.3 Å². The van der Waals surface area contributed by atoms with Crippen molar-refractivity contribution in [2.24, 2.45) is 0 Å². The zero-order valence-electron chi connectivity index (χ0n) is 10.3. The predicted molar refractivity (Wildman–Crippen MR) is 71.7 cm³/mol. The largest absolute Gasteiger partial charge is 0.456 e. The Morgan fingerprint density at radius 2 is 1.67 bits per heavy atom. The first-order valence-corrected chi connectivity index (χ1v) is 6.47. The van der Waals surface area contributed by atoms with Gasteiger partial charge in [0.1, 0.15) is 11.2 Å². The smallest absolute Gasteiger partial charge is 0.343 e. The summed E-state index contributed by atoms with van der Waals surface area (Å²) in [5.74, 6) is -1.19. The summed E-state index contributed by atoms with van der Waals surface area (Å²) >= 11 is 17.7. The fraction of sp³-hybridized carbons (Fsp3) is 0.500. The molecule has 0 radical (unpaired) electrons. The van der Waals surface area contributed by atoms with Gasteiger partial charge < -0.3 is 4.74 Å². The van der Waals surface area contributed by atoms with Gasteiger partial charge in [0.25, 0.3) is 0 Å². The summed E-state index contributed by atoms with van der Waals surface area (Å²) in [5, 5.41) is 0.164. The van der Waals surface area contributed by atoms with Gasteiger partial charge >= 0.3 is 5.97 Å². The van der Waals surface area contributed by atoms with Crippen molar-refractivity contribution >= 4 is 46.6 Å². The van der Waals surface area contributed by atoms with Gasteiger partial charge in [-0.05, 0) is 27.2 Å². The summed E-state index contributed by atoms with van der Waals surface area (Å²) in [6.45, 7) is 5.10. The van der Waals surface area contributed by atoms with Gasteiger partial charge in [-0.1, -0.05) is 34.8 Å². The van der Waals surface area contributed by atoms with E-state index in [2.05, 4.69) is 0 Å². The summed E-state index contributed by atoms with van der Waals surface area (Å²) in [6.07, 6.45) is 0.349. The van der Waals surface area contributed by atoms with E-state index in [1.807, 2.05) is 0 Å². The standard InChI is InChI=1S/C12H13Cl3O3/c1-12(2,3)18-11(17)8-7(16)5-4-6(13)9(14)10(8)15/h4-5H2,1-3H3. The first-order chi connectivity index (χ1) is 8.13. The highest BCUT2D eigenvalue weighted by Gasteiger charge is 2.31. The third kappa shape index (κ3) is 3.74.